The van der Waals surface area contributed by atoms with E-state index in [1.54, 1.807) is 25.8 Å². The highest BCUT2D eigenvalue weighted by atomic mass is 32.2. The van der Waals surface area contributed by atoms with Crippen LogP contribution in [0, 0.1) is 13.8 Å². The third kappa shape index (κ3) is 6.20. The van der Waals surface area contributed by atoms with Crippen LogP contribution >= 0.6 is 11.8 Å². The largest absolute Gasteiger partial charge is 0.382 e. The average Bonchev–Trinajstić information content (AvgIpc) is 2.59. The summed E-state index contributed by atoms with van der Waals surface area (Å²) >= 11 is 1.72. The fraction of sp³-hybridized carbons (Fsp3) is 0.350. The lowest BCUT2D eigenvalue weighted by molar-refractivity contribution is -0.127. The summed E-state index contributed by atoms with van der Waals surface area (Å²) < 4.78 is 10.3. The van der Waals surface area contributed by atoms with Gasteiger partial charge in [0.15, 0.2) is 0 Å². The van der Waals surface area contributed by atoms with Crippen molar-refractivity contribution in [3.8, 4) is 0 Å². The van der Waals surface area contributed by atoms with Crippen LogP contribution in [0.3, 0.4) is 0 Å². The van der Waals surface area contributed by atoms with E-state index in [0.29, 0.717) is 13.2 Å². The van der Waals surface area contributed by atoms with Crippen LogP contribution in [0.25, 0.3) is 0 Å². The number of amides is 1. The van der Waals surface area contributed by atoms with Crippen LogP contribution in [-0.2, 0) is 14.3 Å². The van der Waals surface area contributed by atoms with Gasteiger partial charge in [-0.1, -0.05) is 29.5 Å². The number of aryl methyl sites for hydroxylation is 2. The maximum Gasteiger partial charge on any atom is 0.253 e. The van der Waals surface area contributed by atoms with Crippen molar-refractivity contribution < 1.29 is 14.3 Å². The number of anilines is 1. The number of nitrogens with one attached hydrogen (secondary N) is 1. The van der Waals surface area contributed by atoms with Gasteiger partial charge in [-0.2, -0.15) is 0 Å². The van der Waals surface area contributed by atoms with Crippen molar-refractivity contribution in [2.24, 2.45) is 0 Å². The summed E-state index contributed by atoms with van der Waals surface area (Å²) in [6.07, 6.45) is -0.514. The SMILES string of the molecule is COCCOC(C)C(=O)Nc1ccc(Sc2ccc(C)cc2C)cc1. The molecule has 4 nitrogen and oxygen atoms in total. The molecule has 0 saturated heterocycles. The van der Waals surface area contributed by atoms with E-state index < -0.39 is 6.10 Å². The summed E-state index contributed by atoms with van der Waals surface area (Å²) in [5.41, 5.74) is 3.29. The molecule has 1 amide bonds. The van der Waals surface area contributed by atoms with Gasteiger partial charge in [-0.25, -0.2) is 0 Å². The van der Waals surface area contributed by atoms with Crippen molar-refractivity contribution in [3.63, 3.8) is 0 Å². The minimum absolute atomic E-state index is 0.161. The predicted octanol–water partition coefficient (Wildman–Crippen LogP) is 4.44. The molecule has 1 atom stereocenters. The van der Waals surface area contributed by atoms with Crippen molar-refractivity contribution in [3.05, 3.63) is 53.6 Å². The van der Waals surface area contributed by atoms with Crippen molar-refractivity contribution in [2.75, 3.05) is 25.6 Å². The third-order valence-electron chi connectivity index (χ3n) is 3.70. The van der Waals surface area contributed by atoms with E-state index in [1.165, 1.54) is 16.0 Å². The zero-order valence-corrected chi connectivity index (χ0v) is 16.0. The van der Waals surface area contributed by atoms with Crippen LogP contribution in [0.15, 0.2) is 52.3 Å². The molecule has 5 heteroatoms. The molecule has 0 aromatic heterocycles. The van der Waals surface area contributed by atoms with Crippen molar-refractivity contribution in [2.45, 2.75) is 36.7 Å². The highest BCUT2D eigenvalue weighted by molar-refractivity contribution is 7.99. The number of benzene rings is 2. The first-order valence-electron chi connectivity index (χ1n) is 8.26. The molecule has 1 unspecified atom stereocenters. The molecule has 0 spiro atoms. The minimum Gasteiger partial charge on any atom is -0.382 e. The molecule has 1 N–H and O–H groups in total. The van der Waals surface area contributed by atoms with Gasteiger partial charge in [0.05, 0.1) is 13.2 Å². The monoisotopic (exact) mass is 359 g/mol. The van der Waals surface area contributed by atoms with Crippen LogP contribution in [0.2, 0.25) is 0 Å². The van der Waals surface area contributed by atoms with Crippen molar-refractivity contribution in [1.82, 2.24) is 0 Å². The van der Waals surface area contributed by atoms with Crippen LogP contribution in [0.4, 0.5) is 5.69 Å². The summed E-state index contributed by atoms with van der Waals surface area (Å²) in [4.78, 5) is 14.4. The van der Waals surface area contributed by atoms with Gasteiger partial charge in [-0.15, -0.1) is 0 Å². The molecule has 2 aromatic rings. The Morgan fingerprint density at radius 2 is 1.84 bits per heavy atom. The molecule has 0 aliphatic rings. The first-order valence-corrected chi connectivity index (χ1v) is 9.08. The molecular formula is C20H25NO3S. The lowest BCUT2D eigenvalue weighted by atomic mass is 10.2. The van der Waals surface area contributed by atoms with E-state index in [9.17, 15) is 4.79 Å². The highest BCUT2D eigenvalue weighted by Gasteiger charge is 2.13. The number of hydrogen-bond acceptors (Lipinski definition) is 4. The Morgan fingerprint density at radius 1 is 1.12 bits per heavy atom. The second-order valence-electron chi connectivity index (χ2n) is 5.89. The Balaban J connectivity index is 1.92. The second-order valence-corrected chi connectivity index (χ2v) is 7.01. The van der Waals surface area contributed by atoms with Crippen LogP contribution in [-0.4, -0.2) is 32.3 Å². The average molecular weight is 359 g/mol. The molecule has 0 aliphatic heterocycles. The molecule has 25 heavy (non-hydrogen) atoms. The van der Waals surface area contributed by atoms with Crippen LogP contribution in [0.5, 0.6) is 0 Å². The molecule has 0 radical (unpaired) electrons. The Bertz CT molecular complexity index is 701. The van der Waals surface area contributed by atoms with Crippen molar-refractivity contribution >= 4 is 23.4 Å². The molecular weight excluding hydrogens is 334 g/mol. The number of carbonyl (C=O) groups is 1. The van der Waals surface area contributed by atoms with E-state index in [2.05, 4.69) is 37.4 Å². The predicted molar refractivity (Wildman–Crippen MR) is 102 cm³/mol. The summed E-state index contributed by atoms with van der Waals surface area (Å²) in [5.74, 6) is -0.161. The fourth-order valence-electron chi connectivity index (χ4n) is 2.27. The van der Waals surface area contributed by atoms with Gasteiger partial charge in [-0.05, 0) is 56.7 Å². The Labute approximate surface area is 153 Å². The number of ether oxygens (including phenoxy) is 2. The topological polar surface area (TPSA) is 47.6 Å². The quantitative estimate of drug-likeness (QED) is 0.708. The van der Waals surface area contributed by atoms with Crippen LogP contribution in [0.1, 0.15) is 18.1 Å². The van der Waals surface area contributed by atoms with Gasteiger partial charge in [-0.3, -0.25) is 4.79 Å². The normalized spacial score (nSPS) is 12.0. The van der Waals surface area contributed by atoms with E-state index in [4.69, 9.17) is 9.47 Å². The van der Waals surface area contributed by atoms with Gasteiger partial charge in [0.25, 0.3) is 5.91 Å². The first-order chi connectivity index (χ1) is 12.0. The molecule has 2 aromatic carbocycles. The molecule has 0 bridgehead atoms. The Hall–Kier alpha value is -1.82. The molecule has 0 aliphatic carbocycles. The lowest BCUT2D eigenvalue weighted by Gasteiger charge is -2.13. The standard InChI is InChI=1S/C20H25NO3S/c1-14-5-10-19(15(2)13-14)25-18-8-6-17(7-9-18)21-20(22)16(3)24-12-11-23-4/h5-10,13,16H,11-12H2,1-4H3,(H,21,22). The smallest absolute Gasteiger partial charge is 0.253 e. The van der Waals surface area contributed by atoms with E-state index in [0.717, 1.165) is 10.6 Å². The third-order valence-corrected chi connectivity index (χ3v) is 4.89. The van der Waals surface area contributed by atoms with Crippen molar-refractivity contribution in [1.29, 1.82) is 0 Å². The number of methoxy groups -OCH3 is 1. The van der Waals surface area contributed by atoms with E-state index in [-0.39, 0.29) is 5.91 Å². The van der Waals surface area contributed by atoms with E-state index in [1.807, 2.05) is 24.3 Å². The van der Waals surface area contributed by atoms with Gasteiger partial charge in [0.2, 0.25) is 0 Å². The summed E-state index contributed by atoms with van der Waals surface area (Å²) in [5, 5.41) is 2.86. The Morgan fingerprint density at radius 3 is 2.48 bits per heavy atom. The maximum atomic E-state index is 12.1. The maximum absolute atomic E-state index is 12.1. The first kappa shape index (κ1) is 19.5. The zero-order valence-electron chi connectivity index (χ0n) is 15.2. The number of carbonyl (C=O) groups excluding carboxylic acids is 1. The Kier molecular flexibility index (Phi) is 7.50. The van der Waals surface area contributed by atoms with Gasteiger partial charge in [0.1, 0.15) is 6.10 Å². The molecule has 0 fully saturated rings. The lowest BCUT2D eigenvalue weighted by Crippen LogP contribution is -2.28. The zero-order chi connectivity index (χ0) is 18.2. The van der Waals surface area contributed by atoms with Gasteiger partial charge in [0, 0.05) is 22.6 Å². The summed E-state index contributed by atoms with van der Waals surface area (Å²) in [6.45, 7) is 6.82. The fourth-order valence-corrected chi connectivity index (χ4v) is 3.16. The molecule has 0 saturated carbocycles. The van der Waals surface area contributed by atoms with Crippen LogP contribution < -0.4 is 5.32 Å². The second kappa shape index (κ2) is 9.61. The highest BCUT2D eigenvalue weighted by Crippen LogP contribution is 2.31. The number of rotatable bonds is 8. The van der Waals surface area contributed by atoms with E-state index >= 15 is 0 Å². The molecule has 0 heterocycles. The summed E-state index contributed by atoms with van der Waals surface area (Å²) in [7, 11) is 1.60. The summed E-state index contributed by atoms with van der Waals surface area (Å²) in [6, 6.07) is 14.3. The molecule has 134 valence electrons. The van der Waals surface area contributed by atoms with Gasteiger partial charge < -0.3 is 14.8 Å². The minimum atomic E-state index is -0.514. The molecule has 2 rings (SSSR count). The van der Waals surface area contributed by atoms with Gasteiger partial charge >= 0.3 is 0 Å². The number of hydrogen-bond donors (Lipinski definition) is 1.